The van der Waals surface area contributed by atoms with E-state index in [2.05, 4.69) is 9.47 Å². The van der Waals surface area contributed by atoms with Crippen molar-refractivity contribution in [2.45, 2.75) is 6.61 Å². The van der Waals surface area contributed by atoms with E-state index in [0.29, 0.717) is 0 Å². The van der Waals surface area contributed by atoms with E-state index in [4.69, 9.17) is 15.2 Å². The number of halogens is 1. The van der Waals surface area contributed by atoms with Crippen LogP contribution in [0.1, 0.15) is 25.6 Å². The molecule has 0 aliphatic heterocycles. The van der Waals surface area contributed by atoms with Crippen LogP contribution in [0.4, 0.5) is 9.39 Å². The fourth-order valence-corrected chi connectivity index (χ4v) is 3.05. The first kappa shape index (κ1) is 20.2. The number of carbonyl (C=O) groups is 3. The van der Waals surface area contributed by atoms with Gasteiger partial charge in [0.1, 0.15) is 33.6 Å². The molecule has 144 valence electrons. The Morgan fingerprint density at radius 2 is 1.70 bits per heavy atom. The molecule has 0 saturated carbocycles. The van der Waals surface area contributed by atoms with Crippen molar-refractivity contribution in [1.29, 1.82) is 0 Å². The van der Waals surface area contributed by atoms with Crippen molar-refractivity contribution in [3.63, 3.8) is 0 Å². The lowest BCUT2D eigenvalue weighted by Gasteiger charge is -2.09. The van der Waals surface area contributed by atoms with Gasteiger partial charge in [-0.25, -0.2) is 18.8 Å². The van der Waals surface area contributed by atoms with Gasteiger partial charge in [-0.2, -0.15) is 0 Å². The summed E-state index contributed by atoms with van der Waals surface area (Å²) in [5, 5.41) is 0.0378. The van der Waals surface area contributed by atoms with Gasteiger partial charge in [0.25, 0.3) is 0 Å². The van der Waals surface area contributed by atoms with Crippen molar-refractivity contribution in [3.05, 3.63) is 46.1 Å². The Morgan fingerprint density at radius 1 is 1.07 bits per heavy atom. The average Bonchev–Trinajstić information content (AvgIpc) is 3.00. The van der Waals surface area contributed by atoms with Crippen LogP contribution in [-0.4, -0.2) is 38.7 Å². The quantitative estimate of drug-likeness (QED) is 0.558. The van der Waals surface area contributed by atoms with Crippen LogP contribution in [0.2, 0.25) is 0 Å². The maximum Gasteiger partial charge on any atom is 0.348 e. The molecule has 0 fully saturated rings. The number of carbonyl (C=O) groups excluding carboxylic acids is 3. The second-order valence-corrected chi connectivity index (χ2v) is 6.09. The van der Waals surface area contributed by atoms with Gasteiger partial charge in [-0.1, -0.05) is 0 Å². The molecule has 0 spiro atoms. The van der Waals surface area contributed by atoms with Crippen molar-refractivity contribution in [3.8, 4) is 5.75 Å². The monoisotopic (exact) mass is 397 g/mol. The molecule has 1 aromatic carbocycles. The van der Waals surface area contributed by atoms with Gasteiger partial charge in [-0.05, 0) is 24.3 Å². The molecule has 0 saturated heterocycles. The van der Waals surface area contributed by atoms with Gasteiger partial charge in [-0.3, -0.25) is 0 Å². The van der Waals surface area contributed by atoms with Crippen molar-refractivity contribution in [1.82, 2.24) is 0 Å². The second kappa shape index (κ2) is 8.99. The number of esters is 3. The largest absolute Gasteiger partial charge is 0.482 e. The summed E-state index contributed by atoms with van der Waals surface area (Å²) in [6.07, 6.45) is 0. The smallest absolute Gasteiger partial charge is 0.348 e. The van der Waals surface area contributed by atoms with Crippen LogP contribution < -0.4 is 10.5 Å². The van der Waals surface area contributed by atoms with Crippen LogP contribution in [0.25, 0.3) is 0 Å². The molecule has 27 heavy (non-hydrogen) atoms. The van der Waals surface area contributed by atoms with Crippen LogP contribution in [-0.2, 0) is 25.6 Å². The number of methoxy groups -OCH3 is 2. The normalized spacial score (nSPS) is 10.2. The molecule has 1 aromatic heterocycles. The van der Waals surface area contributed by atoms with E-state index >= 15 is 0 Å². The van der Waals surface area contributed by atoms with E-state index in [-0.39, 0.29) is 26.8 Å². The molecule has 1 heterocycles. The number of anilines is 1. The van der Waals surface area contributed by atoms with Crippen molar-refractivity contribution < 1.29 is 37.7 Å². The summed E-state index contributed by atoms with van der Waals surface area (Å²) in [6.45, 7) is -0.861. The van der Waals surface area contributed by atoms with E-state index in [9.17, 15) is 18.8 Å². The minimum atomic E-state index is -0.771. The summed E-state index contributed by atoms with van der Waals surface area (Å²) in [5.41, 5.74) is 5.81. The Balaban J connectivity index is 2.08. The van der Waals surface area contributed by atoms with Crippen molar-refractivity contribution in [2.75, 3.05) is 26.6 Å². The lowest BCUT2D eigenvalue weighted by molar-refractivity contribution is -0.147. The zero-order chi connectivity index (χ0) is 20.0. The van der Waals surface area contributed by atoms with E-state index in [1.54, 1.807) is 0 Å². The van der Waals surface area contributed by atoms with Crippen molar-refractivity contribution in [2.24, 2.45) is 0 Å². The third-order valence-corrected chi connectivity index (χ3v) is 4.38. The maximum atomic E-state index is 12.8. The Labute approximate surface area is 157 Å². The van der Waals surface area contributed by atoms with Crippen molar-refractivity contribution >= 4 is 34.2 Å². The summed E-state index contributed by atoms with van der Waals surface area (Å²) < 4.78 is 32.3. The molecule has 2 N–H and O–H groups in total. The molecule has 2 rings (SSSR count). The van der Waals surface area contributed by atoms with Crippen LogP contribution in [0.5, 0.6) is 5.75 Å². The fourth-order valence-electron chi connectivity index (χ4n) is 2.07. The predicted molar refractivity (Wildman–Crippen MR) is 93.1 cm³/mol. The zero-order valence-electron chi connectivity index (χ0n) is 14.4. The van der Waals surface area contributed by atoms with Gasteiger partial charge in [0.2, 0.25) is 0 Å². The van der Waals surface area contributed by atoms with Crippen LogP contribution >= 0.6 is 11.3 Å². The Hall–Kier alpha value is -3.14. The fraction of sp³-hybridized carbons (Fsp3) is 0.235. The number of nitrogen functional groups attached to an aromatic ring is 1. The van der Waals surface area contributed by atoms with Gasteiger partial charge in [0.05, 0.1) is 14.2 Å². The lowest BCUT2D eigenvalue weighted by Crippen LogP contribution is -2.17. The minimum Gasteiger partial charge on any atom is -0.482 e. The molecule has 0 unspecified atom stereocenters. The summed E-state index contributed by atoms with van der Waals surface area (Å²) >= 11 is 0.825. The molecule has 0 bridgehead atoms. The van der Waals surface area contributed by atoms with Crippen LogP contribution in [0.3, 0.4) is 0 Å². The number of hydrogen-bond acceptors (Lipinski definition) is 9. The second-order valence-electron chi connectivity index (χ2n) is 5.04. The summed E-state index contributed by atoms with van der Waals surface area (Å²) in [6, 6.07) is 5.07. The van der Waals surface area contributed by atoms with Gasteiger partial charge in [-0.15, -0.1) is 11.3 Å². The molecule has 0 aliphatic carbocycles. The highest BCUT2D eigenvalue weighted by atomic mass is 32.1. The highest BCUT2D eigenvalue weighted by molar-refractivity contribution is 7.18. The lowest BCUT2D eigenvalue weighted by atomic mass is 10.1. The summed E-state index contributed by atoms with van der Waals surface area (Å²) in [4.78, 5) is 35.7. The molecule has 0 atom stereocenters. The first-order valence-corrected chi connectivity index (χ1v) is 8.30. The molecule has 8 nitrogen and oxygen atoms in total. The van der Waals surface area contributed by atoms with E-state index in [0.717, 1.165) is 18.4 Å². The van der Waals surface area contributed by atoms with Crippen LogP contribution in [0, 0.1) is 5.82 Å². The van der Waals surface area contributed by atoms with Gasteiger partial charge >= 0.3 is 17.9 Å². The van der Waals surface area contributed by atoms with Crippen LogP contribution in [0.15, 0.2) is 24.3 Å². The predicted octanol–water partition coefficient (Wildman–Crippen LogP) is 2.16. The Bertz CT molecular complexity index is 848. The van der Waals surface area contributed by atoms with E-state index in [1.807, 2.05) is 0 Å². The van der Waals surface area contributed by atoms with E-state index < -0.39 is 36.9 Å². The highest BCUT2D eigenvalue weighted by Gasteiger charge is 2.28. The SMILES string of the molecule is COC(=O)c1sc(N)c(C(=O)OC)c1COC(=O)COc1ccc(F)cc1. The summed E-state index contributed by atoms with van der Waals surface area (Å²) in [5.74, 6) is -2.43. The van der Waals surface area contributed by atoms with Gasteiger partial charge in [0.15, 0.2) is 6.61 Å². The topological polar surface area (TPSA) is 114 Å². The number of hydrogen-bond donors (Lipinski definition) is 1. The van der Waals surface area contributed by atoms with E-state index in [1.165, 1.54) is 31.4 Å². The maximum absolute atomic E-state index is 12.8. The number of nitrogens with two attached hydrogens (primary N) is 1. The number of rotatable bonds is 7. The minimum absolute atomic E-state index is 0.0302. The Morgan fingerprint density at radius 3 is 2.30 bits per heavy atom. The Kier molecular flexibility index (Phi) is 6.72. The highest BCUT2D eigenvalue weighted by Crippen LogP contribution is 2.33. The molecular formula is C17H16FNO7S. The number of benzene rings is 1. The molecule has 0 radical (unpaired) electrons. The number of ether oxygens (including phenoxy) is 4. The van der Waals surface area contributed by atoms with Gasteiger partial charge < -0.3 is 24.7 Å². The third kappa shape index (κ3) is 4.94. The average molecular weight is 397 g/mol. The molecular weight excluding hydrogens is 381 g/mol. The molecule has 0 aliphatic rings. The molecule has 0 amide bonds. The zero-order valence-corrected chi connectivity index (χ0v) is 15.3. The molecule has 10 heteroatoms. The first-order valence-electron chi connectivity index (χ1n) is 7.49. The third-order valence-electron chi connectivity index (χ3n) is 3.34. The summed E-state index contributed by atoms with van der Waals surface area (Å²) in [7, 11) is 2.33. The van der Waals surface area contributed by atoms with Gasteiger partial charge in [0, 0.05) is 5.56 Å². The molecule has 2 aromatic rings. The first-order chi connectivity index (χ1) is 12.9. The number of thiophene rings is 1. The standard InChI is InChI=1S/C17H16FNO7S/c1-23-16(21)13-11(14(17(22)24-2)27-15(13)19)7-26-12(20)8-25-10-5-3-9(18)4-6-10/h3-6H,7-8,19H2,1-2H3.